The first-order valence-corrected chi connectivity index (χ1v) is 10.9. The first kappa shape index (κ1) is 24.1. The number of rotatable bonds is 3. The summed E-state index contributed by atoms with van der Waals surface area (Å²) in [6.45, 7) is 3.33. The van der Waals surface area contributed by atoms with Crippen LogP contribution in [0.15, 0.2) is 42.5 Å². The number of imidazole rings is 1. The molecule has 3 fully saturated rings. The average molecular weight is 480 g/mol. The third-order valence-electron chi connectivity index (χ3n) is 5.78. The van der Waals surface area contributed by atoms with Gasteiger partial charge < -0.3 is 14.8 Å². The van der Waals surface area contributed by atoms with Crippen LogP contribution < -0.4 is 9.80 Å². The van der Waals surface area contributed by atoms with E-state index in [1.54, 1.807) is 6.07 Å². The fourth-order valence-corrected chi connectivity index (χ4v) is 4.10. The number of halogens is 1. The molecule has 33 heavy (non-hydrogen) atoms. The van der Waals surface area contributed by atoms with Crippen molar-refractivity contribution in [1.82, 2.24) is 9.97 Å². The number of benzene rings is 2. The Hall–Kier alpha value is -2.04. The van der Waals surface area contributed by atoms with Gasteiger partial charge in [0.25, 0.3) is 0 Å². The Labute approximate surface area is 207 Å². The minimum atomic E-state index is -0.201. The minimum absolute atomic E-state index is 0. The number of para-hydroxylation sites is 1. The van der Waals surface area contributed by atoms with Gasteiger partial charge in [-0.3, -0.25) is 0 Å². The fraction of sp³-hybridized carbons (Fsp3) is 0.148. The van der Waals surface area contributed by atoms with E-state index >= 15 is 0 Å². The third kappa shape index (κ3) is 5.73. The van der Waals surface area contributed by atoms with Crippen LogP contribution in [0.5, 0.6) is 0 Å². The van der Waals surface area contributed by atoms with E-state index in [4.69, 9.17) is 0 Å². The number of nitrogens with zero attached hydrogens (tertiary/aromatic N) is 3. The molecule has 0 unspecified atom stereocenters. The third-order valence-corrected chi connectivity index (χ3v) is 5.78. The molecule has 6 heteroatoms. The molecule has 0 bridgehead atoms. The fourth-order valence-electron chi connectivity index (χ4n) is 4.10. The predicted octanol–water partition coefficient (Wildman–Crippen LogP) is 4.80. The van der Waals surface area contributed by atoms with E-state index in [2.05, 4.69) is 44.0 Å². The van der Waals surface area contributed by atoms with Crippen LogP contribution in [0.25, 0.3) is 11.0 Å². The second kappa shape index (κ2) is 11.4. The number of nitrogens with one attached hydrogen (secondary N) is 1. The second-order valence-corrected chi connectivity index (χ2v) is 7.85. The van der Waals surface area contributed by atoms with Gasteiger partial charge in [-0.2, -0.15) is 0 Å². The molecule has 0 spiro atoms. The zero-order valence-corrected chi connectivity index (χ0v) is 19.2. The van der Waals surface area contributed by atoms with Gasteiger partial charge in [0.05, 0.1) is 16.7 Å². The molecular weight excluding hydrogens is 455 g/mol. The number of aromatic nitrogens is 2. The van der Waals surface area contributed by atoms with Gasteiger partial charge in [0.2, 0.25) is 0 Å². The van der Waals surface area contributed by atoms with Crippen molar-refractivity contribution in [2.24, 2.45) is 0 Å². The summed E-state index contributed by atoms with van der Waals surface area (Å²) >= 11 is 0. The van der Waals surface area contributed by atoms with Crippen molar-refractivity contribution in [1.29, 1.82) is 0 Å². The molecule has 2 aromatic carbocycles. The van der Waals surface area contributed by atoms with Crippen LogP contribution in [0.3, 0.4) is 0 Å². The maximum atomic E-state index is 14.8. The Balaban J connectivity index is 0.000000385. The van der Waals surface area contributed by atoms with Gasteiger partial charge in [0, 0.05) is 43.9 Å². The number of hydrogen-bond donors (Lipinski definition) is 1. The SMILES string of the molecule is Fc1cc2[nH]c([C]3[CH][CH][CH][CH]3)nc2cc1N1CCN(c2ccccc2)CC1.[CH]1[CH][CH][CH][CH]1.[Fe+2]. The molecule has 6 rings (SSSR count). The summed E-state index contributed by atoms with van der Waals surface area (Å²) in [4.78, 5) is 12.3. The molecule has 1 aromatic heterocycles. The molecule has 3 aliphatic rings. The molecule has 166 valence electrons. The standard InChI is InChI=1S/C22H20FN4.C5H5.Fe/c23-18-14-19-20(25-22(24-19)16-6-4-5-7-16)15-21(18)27-12-10-26(11-13-27)17-8-2-1-3-9-17;1-2-4-5-3-1;/h1-9,14-15H,10-13H2,(H,24,25);1-5H;/q;;+2. The van der Waals surface area contributed by atoms with Crippen molar-refractivity contribution in [3.05, 3.63) is 118 Å². The molecule has 2 heterocycles. The van der Waals surface area contributed by atoms with E-state index < -0.39 is 0 Å². The molecule has 2 saturated carbocycles. The summed E-state index contributed by atoms with van der Waals surface area (Å²) in [5.41, 5.74) is 3.39. The second-order valence-electron chi connectivity index (χ2n) is 7.85. The van der Waals surface area contributed by atoms with Crippen molar-refractivity contribution >= 4 is 22.4 Å². The van der Waals surface area contributed by atoms with Crippen molar-refractivity contribution in [2.45, 2.75) is 0 Å². The van der Waals surface area contributed by atoms with E-state index in [0.29, 0.717) is 5.69 Å². The van der Waals surface area contributed by atoms with Gasteiger partial charge in [-0.05, 0) is 76.0 Å². The number of fused-ring (bicyclic) bond motifs is 1. The van der Waals surface area contributed by atoms with Crippen molar-refractivity contribution in [3.63, 3.8) is 0 Å². The first-order valence-electron chi connectivity index (χ1n) is 10.9. The van der Waals surface area contributed by atoms with E-state index in [-0.39, 0.29) is 22.9 Å². The summed E-state index contributed by atoms with van der Waals surface area (Å²) in [6, 6.07) is 13.8. The van der Waals surface area contributed by atoms with Gasteiger partial charge in [0.1, 0.15) is 11.6 Å². The number of anilines is 2. The van der Waals surface area contributed by atoms with E-state index in [1.807, 2.05) is 69.9 Å². The van der Waals surface area contributed by atoms with Gasteiger partial charge >= 0.3 is 17.1 Å². The van der Waals surface area contributed by atoms with Crippen LogP contribution >= 0.6 is 0 Å². The Morgan fingerprint density at radius 3 is 2.00 bits per heavy atom. The Morgan fingerprint density at radius 1 is 0.758 bits per heavy atom. The molecule has 4 nitrogen and oxygen atoms in total. The molecule has 1 aliphatic heterocycles. The van der Waals surface area contributed by atoms with Gasteiger partial charge in [-0.15, -0.1) is 0 Å². The zero-order valence-electron chi connectivity index (χ0n) is 18.1. The Morgan fingerprint density at radius 2 is 1.36 bits per heavy atom. The summed E-state index contributed by atoms with van der Waals surface area (Å²) in [6.07, 6.45) is 17.9. The topological polar surface area (TPSA) is 35.2 Å². The number of H-pyrrole nitrogens is 1. The van der Waals surface area contributed by atoms with Crippen molar-refractivity contribution in [3.8, 4) is 0 Å². The van der Waals surface area contributed by atoms with Gasteiger partial charge in [-0.25, -0.2) is 9.37 Å². The predicted molar refractivity (Wildman–Crippen MR) is 128 cm³/mol. The maximum absolute atomic E-state index is 14.8. The normalized spacial score (nSPS) is 18.8. The van der Waals surface area contributed by atoms with Crippen molar-refractivity contribution in [2.75, 3.05) is 36.0 Å². The molecule has 1 saturated heterocycles. The van der Waals surface area contributed by atoms with Crippen LogP contribution in [0, 0.1) is 69.5 Å². The summed E-state index contributed by atoms with van der Waals surface area (Å²) in [7, 11) is 0. The average Bonchev–Trinajstić information content (AvgIpc) is 3.62. The smallest absolute Gasteiger partial charge is 0.368 e. The molecule has 1 N–H and O–H groups in total. The molecule has 0 amide bonds. The summed E-state index contributed by atoms with van der Waals surface area (Å²) in [5, 5.41) is 0. The number of aromatic amines is 1. The first-order chi connectivity index (χ1) is 15.8. The monoisotopic (exact) mass is 480 g/mol. The van der Waals surface area contributed by atoms with E-state index in [1.165, 1.54) is 5.69 Å². The van der Waals surface area contributed by atoms with E-state index in [9.17, 15) is 4.39 Å². The maximum Gasteiger partial charge on any atom is 2.00 e. The molecule has 2 aliphatic carbocycles. The van der Waals surface area contributed by atoms with Crippen LogP contribution in [0.4, 0.5) is 15.8 Å². The van der Waals surface area contributed by atoms with Crippen LogP contribution in [-0.2, 0) is 17.1 Å². The minimum Gasteiger partial charge on any atom is -0.368 e. The Bertz CT molecular complexity index is 996. The summed E-state index contributed by atoms with van der Waals surface area (Å²) < 4.78 is 14.8. The number of hydrogen-bond acceptors (Lipinski definition) is 3. The number of piperazine rings is 1. The zero-order chi connectivity index (χ0) is 21.8. The quantitative estimate of drug-likeness (QED) is 0.548. The van der Waals surface area contributed by atoms with Crippen LogP contribution in [0.1, 0.15) is 5.82 Å². The Kier molecular flexibility index (Phi) is 8.32. The summed E-state index contributed by atoms with van der Waals surface area (Å²) in [5.74, 6) is 1.60. The molecular formula is C27H25FFeN4+2. The van der Waals surface area contributed by atoms with Crippen molar-refractivity contribution < 1.29 is 21.5 Å². The van der Waals surface area contributed by atoms with Gasteiger partial charge in [-0.1, -0.05) is 18.2 Å². The molecule has 0 atom stereocenters. The largest absolute Gasteiger partial charge is 2.00 e. The molecule has 3 aromatic rings. The van der Waals surface area contributed by atoms with Gasteiger partial charge in [0.15, 0.2) is 0 Å². The van der Waals surface area contributed by atoms with E-state index in [0.717, 1.165) is 49.0 Å². The molecule has 10 radical (unpaired) electrons. The van der Waals surface area contributed by atoms with Crippen LogP contribution in [-0.4, -0.2) is 36.1 Å². The van der Waals surface area contributed by atoms with Crippen LogP contribution in [0.2, 0.25) is 0 Å².